The lowest BCUT2D eigenvalue weighted by molar-refractivity contribution is -0.130. The molecule has 2 aromatic heterocycles. The van der Waals surface area contributed by atoms with E-state index in [4.69, 9.17) is 9.62 Å². The van der Waals surface area contributed by atoms with E-state index in [1.807, 2.05) is 30.3 Å². The van der Waals surface area contributed by atoms with Gasteiger partial charge >= 0.3 is 0 Å². The Hall–Kier alpha value is -3.02. The van der Waals surface area contributed by atoms with Crippen LogP contribution in [-0.4, -0.2) is 54.2 Å². The molecule has 9 nitrogen and oxygen atoms in total. The summed E-state index contributed by atoms with van der Waals surface area (Å²) in [5.74, 6) is -0.527. The summed E-state index contributed by atoms with van der Waals surface area (Å²) in [5, 5.41) is 9.17. The van der Waals surface area contributed by atoms with E-state index in [1.165, 1.54) is 22.6 Å². The van der Waals surface area contributed by atoms with Crippen molar-refractivity contribution in [3.05, 3.63) is 53.9 Å². The lowest BCUT2D eigenvalue weighted by atomic mass is 9.97. The molecule has 0 saturated carbocycles. The van der Waals surface area contributed by atoms with E-state index in [2.05, 4.69) is 4.98 Å². The number of benzene rings is 1. The molecule has 11 heteroatoms. The Morgan fingerprint density at radius 1 is 1.18 bits per heavy atom. The molecule has 1 saturated heterocycles. The van der Waals surface area contributed by atoms with E-state index in [-0.39, 0.29) is 37.6 Å². The summed E-state index contributed by atoms with van der Waals surface area (Å²) in [6, 6.07) is 11.1. The summed E-state index contributed by atoms with van der Waals surface area (Å²) in [7, 11) is -3.83. The van der Waals surface area contributed by atoms with Crippen molar-refractivity contribution >= 4 is 33.0 Å². The predicted molar refractivity (Wildman–Crippen MR) is 127 cm³/mol. The number of nitrogens with one attached hydrogen (secondary N) is 1. The second-order valence-electron chi connectivity index (χ2n) is 8.12. The number of carbonyl (C=O) groups is 2. The van der Waals surface area contributed by atoms with Crippen LogP contribution < -0.4 is 5.48 Å². The van der Waals surface area contributed by atoms with Crippen molar-refractivity contribution in [1.82, 2.24) is 15.4 Å². The number of rotatable bonds is 6. The van der Waals surface area contributed by atoms with Crippen molar-refractivity contribution < 1.29 is 27.6 Å². The van der Waals surface area contributed by atoms with Gasteiger partial charge in [-0.05, 0) is 24.1 Å². The third-order valence-corrected chi connectivity index (χ3v) is 10.1. The highest BCUT2D eigenvalue weighted by atomic mass is 32.2. The highest BCUT2D eigenvalue weighted by Gasteiger charge is 2.49. The fourth-order valence-corrected chi connectivity index (χ4v) is 7.85. The minimum atomic E-state index is -3.83. The van der Waals surface area contributed by atoms with E-state index in [0.29, 0.717) is 10.6 Å². The van der Waals surface area contributed by atoms with Crippen LogP contribution in [0.5, 0.6) is 0 Å². The van der Waals surface area contributed by atoms with Crippen LogP contribution in [0.2, 0.25) is 0 Å². The van der Waals surface area contributed by atoms with Crippen molar-refractivity contribution in [3.8, 4) is 21.8 Å². The number of thiophene rings is 1. The molecule has 1 fully saturated rings. The SMILES string of the molecule is CCC(=O)N1CCC(CC(=O)NO)(c2ccc(-c3ccc(-c4cnco4)cc3)s2)S(=O)(=O)CC1. The first kappa shape index (κ1) is 24.1. The number of aromatic nitrogens is 1. The quantitative estimate of drug-likeness (QED) is 0.390. The van der Waals surface area contributed by atoms with E-state index in [1.54, 1.807) is 24.7 Å². The molecule has 0 spiro atoms. The molecule has 4 rings (SSSR count). The van der Waals surface area contributed by atoms with Gasteiger partial charge in [0.05, 0.1) is 18.4 Å². The molecule has 180 valence electrons. The summed E-state index contributed by atoms with van der Waals surface area (Å²) in [6.07, 6.45) is 2.90. The molecule has 34 heavy (non-hydrogen) atoms. The molecule has 0 bridgehead atoms. The van der Waals surface area contributed by atoms with Crippen LogP contribution in [0.3, 0.4) is 0 Å². The monoisotopic (exact) mass is 503 g/mol. The van der Waals surface area contributed by atoms with Gasteiger partial charge < -0.3 is 9.32 Å². The molecule has 1 unspecified atom stereocenters. The van der Waals surface area contributed by atoms with Crippen LogP contribution in [0.15, 0.2) is 53.4 Å². The third kappa shape index (κ3) is 4.50. The minimum Gasteiger partial charge on any atom is -0.444 e. The van der Waals surface area contributed by atoms with E-state index in [9.17, 15) is 18.0 Å². The molecule has 3 aromatic rings. The average Bonchev–Trinajstić information content (AvgIpc) is 3.53. The van der Waals surface area contributed by atoms with Crippen molar-refractivity contribution in [1.29, 1.82) is 0 Å². The first-order valence-corrected chi connectivity index (χ1v) is 13.3. The Morgan fingerprint density at radius 3 is 2.56 bits per heavy atom. The van der Waals surface area contributed by atoms with Gasteiger partial charge in [-0.2, -0.15) is 0 Å². The first-order chi connectivity index (χ1) is 16.3. The van der Waals surface area contributed by atoms with Gasteiger partial charge in [-0.15, -0.1) is 11.3 Å². The molecule has 0 aliphatic carbocycles. The van der Waals surface area contributed by atoms with E-state index in [0.717, 1.165) is 16.0 Å². The maximum atomic E-state index is 13.5. The van der Waals surface area contributed by atoms with Gasteiger partial charge in [0.2, 0.25) is 11.8 Å². The fourth-order valence-electron chi connectivity index (χ4n) is 4.24. The molecular formula is C23H25N3O6S2. The number of hydroxylamine groups is 1. The smallest absolute Gasteiger partial charge is 0.245 e. The molecule has 1 aliphatic rings. The van der Waals surface area contributed by atoms with Crippen LogP contribution >= 0.6 is 11.3 Å². The molecule has 1 aromatic carbocycles. The lowest BCUT2D eigenvalue weighted by Crippen LogP contribution is -2.41. The van der Waals surface area contributed by atoms with Crippen molar-refractivity contribution in [2.45, 2.75) is 30.9 Å². The fraction of sp³-hybridized carbons (Fsp3) is 0.348. The largest absolute Gasteiger partial charge is 0.444 e. The minimum absolute atomic E-state index is 0.0683. The maximum absolute atomic E-state index is 13.5. The Kier molecular flexibility index (Phi) is 6.87. The number of hydrogen-bond acceptors (Lipinski definition) is 8. The van der Waals surface area contributed by atoms with Crippen LogP contribution in [0.25, 0.3) is 21.8 Å². The predicted octanol–water partition coefficient (Wildman–Crippen LogP) is 3.22. The Bertz CT molecular complexity index is 1270. The zero-order valence-electron chi connectivity index (χ0n) is 18.6. The van der Waals surface area contributed by atoms with Crippen molar-refractivity contribution in [2.75, 3.05) is 18.8 Å². The summed E-state index contributed by atoms with van der Waals surface area (Å²) in [5.41, 5.74) is 3.32. The highest BCUT2D eigenvalue weighted by molar-refractivity contribution is 7.92. The molecule has 0 radical (unpaired) electrons. The van der Waals surface area contributed by atoms with Gasteiger partial charge in [0.25, 0.3) is 0 Å². The summed E-state index contributed by atoms with van der Waals surface area (Å²) in [4.78, 5) is 31.3. The summed E-state index contributed by atoms with van der Waals surface area (Å²) >= 11 is 1.29. The Labute approximate surface area is 201 Å². The Morgan fingerprint density at radius 2 is 1.91 bits per heavy atom. The van der Waals surface area contributed by atoms with Gasteiger partial charge in [-0.25, -0.2) is 18.9 Å². The Balaban J connectivity index is 1.71. The van der Waals surface area contributed by atoms with Crippen molar-refractivity contribution in [3.63, 3.8) is 0 Å². The van der Waals surface area contributed by atoms with Crippen LogP contribution in [0, 0.1) is 0 Å². The number of nitrogens with zero attached hydrogens (tertiary/aromatic N) is 2. The summed E-state index contributed by atoms with van der Waals surface area (Å²) in [6.45, 7) is 2.02. The highest BCUT2D eigenvalue weighted by Crippen LogP contribution is 2.45. The lowest BCUT2D eigenvalue weighted by Gasteiger charge is -2.30. The zero-order valence-corrected chi connectivity index (χ0v) is 20.2. The maximum Gasteiger partial charge on any atom is 0.245 e. The number of hydrogen-bond donors (Lipinski definition) is 2. The summed E-state index contributed by atoms with van der Waals surface area (Å²) < 4.78 is 30.9. The van der Waals surface area contributed by atoms with E-state index >= 15 is 0 Å². The van der Waals surface area contributed by atoms with Gasteiger partial charge in [0, 0.05) is 34.8 Å². The average molecular weight is 504 g/mol. The van der Waals surface area contributed by atoms with Gasteiger partial charge in [0.15, 0.2) is 22.0 Å². The van der Waals surface area contributed by atoms with Gasteiger partial charge in [-0.3, -0.25) is 14.8 Å². The number of amides is 2. The van der Waals surface area contributed by atoms with Crippen LogP contribution in [0.4, 0.5) is 0 Å². The zero-order chi connectivity index (χ0) is 24.3. The van der Waals surface area contributed by atoms with E-state index < -0.39 is 26.9 Å². The number of carbonyl (C=O) groups excluding carboxylic acids is 2. The topological polar surface area (TPSA) is 130 Å². The molecule has 1 aliphatic heterocycles. The van der Waals surface area contributed by atoms with Crippen molar-refractivity contribution in [2.24, 2.45) is 0 Å². The normalized spacial score (nSPS) is 20.0. The second kappa shape index (κ2) is 9.69. The molecule has 2 amide bonds. The second-order valence-corrected chi connectivity index (χ2v) is 11.6. The molecule has 1 atom stereocenters. The van der Waals surface area contributed by atoms with Crippen LogP contribution in [0.1, 0.15) is 31.1 Å². The van der Waals surface area contributed by atoms with Gasteiger partial charge in [-0.1, -0.05) is 31.2 Å². The standard InChI is InChI=1S/C23H25N3O6S2/c1-2-22(28)26-10-9-23(13-21(27)25-29,34(30,31)12-11-26)20-8-7-19(33-20)17-5-3-16(4-6-17)18-14-24-15-32-18/h3-8,14-15,29H,2,9-13H2,1H3,(H,25,27). The van der Waals surface area contributed by atoms with Gasteiger partial charge in [0.1, 0.15) is 4.75 Å². The number of sulfone groups is 1. The number of oxazole rings is 1. The van der Waals surface area contributed by atoms with Crippen LogP contribution in [-0.2, 0) is 24.2 Å². The molecule has 3 heterocycles. The first-order valence-electron chi connectivity index (χ1n) is 10.8. The molecule has 2 N–H and O–H groups in total. The molecular weight excluding hydrogens is 478 g/mol. The third-order valence-electron chi connectivity index (χ3n) is 6.18.